The fourth-order valence-electron chi connectivity index (χ4n) is 3.15. The average molecular weight is 337 g/mol. The quantitative estimate of drug-likeness (QED) is 0.290. The van der Waals surface area contributed by atoms with Crippen molar-refractivity contribution in [2.75, 3.05) is 0 Å². The molecule has 1 aliphatic carbocycles. The van der Waals surface area contributed by atoms with Crippen molar-refractivity contribution in [3.05, 3.63) is 70.0 Å². The maximum absolute atomic E-state index is 14.7. The van der Waals surface area contributed by atoms with Crippen LogP contribution < -0.4 is 11.6 Å². The summed E-state index contributed by atoms with van der Waals surface area (Å²) in [5, 5.41) is 3.29. The van der Waals surface area contributed by atoms with Crippen LogP contribution in [0.1, 0.15) is 33.7 Å². The summed E-state index contributed by atoms with van der Waals surface area (Å²) in [6, 6.07) is 8.39. The summed E-state index contributed by atoms with van der Waals surface area (Å²) < 4.78 is 53.1. The molecule has 126 valence electrons. The molecule has 0 aliphatic heterocycles. The van der Waals surface area contributed by atoms with E-state index in [1.165, 1.54) is 12.1 Å². The normalized spacial score (nSPS) is 17.8. The van der Waals surface area contributed by atoms with Crippen LogP contribution in [0.4, 0.5) is 17.6 Å². The summed E-state index contributed by atoms with van der Waals surface area (Å²) in [5.41, 5.74) is 6.80. The van der Waals surface area contributed by atoms with Crippen molar-refractivity contribution in [2.24, 2.45) is 16.7 Å². The van der Waals surface area contributed by atoms with Crippen molar-refractivity contribution >= 4 is 5.84 Å². The number of fused-ring (bicyclic) bond motifs is 1. The maximum atomic E-state index is 14.7. The minimum atomic E-state index is -4.38. The summed E-state index contributed by atoms with van der Waals surface area (Å²) in [5.74, 6) is 4.20. The summed E-state index contributed by atoms with van der Waals surface area (Å²) >= 11 is 0. The largest absolute Gasteiger partial charge is 0.416 e. The molecule has 0 saturated carbocycles. The summed E-state index contributed by atoms with van der Waals surface area (Å²) in [4.78, 5) is 0. The van der Waals surface area contributed by atoms with Gasteiger partial charge in [-0.25, -0.2) is 4.39 Å². The van der Waals surface area contributed by atoms with Gasteiger partial charge >= 0.3 is 6.18 Å². The Morgan fingerprint density at radius 2 is 1.79 bits per heavy atom. The number of alkyl halides is 3. The zero-order valence-corrected chi connectivity index (χ0v) is 12.6. The number of amidine groups is 1. The van der Waals surface area contributed by atoms with Crippen LogP contribution in [-0.4, -0.2) is 5.84 Å². The van der Waals surface area contributed by atoms with Gasteiger partial charge < -0.3 is 11.6 Å². The second-order valence-corrected chi connectivity index (χ2v) is 5.81. The molecular weight excluding hydrogens is 322 g/mol. The number of rotatable bonds is 2. The molecule has 2 aromatic rings. The van der Waals surface area contributed by atoms with E-state index in [1.54, 1.807) is 12.1 Å². The Hall–Kier alpha value is -2.57. The molecule has 2 aromatic carbocycles. The topological polar surface area (TPSA) is 64.4 Å². The van der Waals surface area contributed by atoms with Crippen LogP contribution in [0.2, 0.25) is 0 Å². The van der Waals surface area contributed by atoms with Crippen molar-refractivity contribution in [1.82, 2.24) is 0 Å². The van der Waals surface area contributed by atoms with E-state index in [0.717, 1.165) is 17.7 Å². The van der Waals surface area contributed by atoms with Crippen molar-refractivity contribution in [1.29, 1.82) is 0 Å². The highest BCUT2D eigenvalue weighted by atomic mass is 19.4. The first-order chi connectivity index (χ1) is 11.3. The molecular formula is C17H15F4N3. The Balaban J connectivity index is 1.94. The van der Waals surface area contributed by atoms with Crippen molar-refractivity contribution < 1.29 is 17.6 Å². The minimum absolute atomic E-state index is 0.0990. The van der Waals surface area contributed by atoms with E-state index in [2.05, 4.69) is 5.10 Å². The van der Waals surface area contributed by atoms with Gasteiger partial charge in [0.25, 0.3) is 0 Å². The number of halogens is 4. The van der Waals surface area contributed by atoms with Crippen LogP contribution in [0.3, 0.4) is 0 Å². The van der Waals surface area contributed by atoms with Gasteiger partial charge in [0.15, 0.2) is 5.84 Å². The predicted octanol–water partition coefficient (Wildman–Crippen LogP) is 3.31. The maximum Gasteiger partial charge on any atom is 0.416 e. The Kier molecular flexibility index (Phi) is 3.95. The molecule has 0 bridgehead atoms. The van der Waals surface area contributed by atoms with Gasteiger partial charge in [-0.2, -0.15) is 18.3 Å². The van der Waals surface area contributed by atoms with Crippen molar-refractivity contribution in [3.8, 4) is 0 Å². The Morgan fingerprint density at radius 1 is 1.08 bits per heavy atom. The minimum Gasteiger partial charge on any atom is -0.382 e. The molecule has 1 unspecified atom stereocenters. The standard InChI is InChI=1S/C17H15F4N3/c18-15-13(2-1-3-14(15)16(22)24-23)11-6-9-4-5-12(17(19,20)21)8-10(9)7-11/h1-5,8,11H,6-7,23H2,(H2,22,24). The summed E-state index contributed by atoms with van der Waals surface area (Å²) in [6.07, 6.45) is -3.56. The van der Waals surface area contributed by atoms with Crippen molar-refractivity contribution in [3.63, 3.8) is 0 Å². The molecule has 0 fully saturated rings. The highest BCUT2D eigenvalue weighted by molar-refractivity contribution is 5.97. The third-order valence-corrected chi connectivity index (χ3v) is 4.35. The van der Waals surface area contributed by atoms with Crippen LogP contribution in [0, 0.1) is 5.82 Å². The van der Waals surface area contributed by atoms with Gasteiger partial charge in [-0.1, -0.05) is 18.2 Å². The van der Waals surface area contributed by atoms with Gasteiger partial charge in [-0.3, -0.25) is 0 Å². The highest BCUT2D eigenvalue weighted by Crippen LogP contribution is 2.38. The number of nitrogens with two attached hydrogens (primary N) is 2. The first-order valence-corrected chi connectivity index (χ1v) is 7.32. The Bertz CT molecular complexity index is 812. The number of nitrogens with zero attached hydrogens (tertiary/aromatic N) is 1. The number of hydrazone groups is 1. The van der Waals surface area contributed by atoms with Gasteiger partial charge in [-0.15, -0.1) is 0 Å². The van der Waals surface area contributed by atoms with Gasteiger partial charge in [0.2, 0.25) is 0 Å². The van der Waals surface area contributed by atoms with E-state index in [-0.39, 0.29) is 17.3 Å². The first-order valence-electron chi connectivity index (χ1n) is 7.32. The predicted molar refractivity (Wildman–Crippen MR) is 82.9 cm³/mol. The number of hydrogen-bond acceptors (Lipinski definition) is 2. The second kappa shape index (κ2) is 5.81. The van der Waals surface area contributed by atoms with Crippen molar-refractivity contribution in [2.45, 2.75) is 24.9 Å². The van der Waals surface area contributed by atoms with Gasteiger partial charge in [0.05, 0.1) is 11.1 Å². The molecule has 3 nitrogen and oxygen atoms in total. The molecule has 0 heterocycles. The van der Waals surface area contributed by atoms with Gasteiger partial charge in [-0.05, 0) is 53.6 Å². The fourth-order valence-corrected chi connectivity index (χ4v) is 3.15. The number of benzene rings is 2. The monoisotopic (exact) mass is 337 g/mol. The molecule has 0 amide bonds. The SMILES string of the molecule is N/N=C(\N)c1cccc(C2Cc3ccc(C(F)(F)F)cc3C2)c1F. The zero-order valence-electron chi connectivity index (χ0n) is 12.6. The third-order valence-electron chi connectivity index (χ3n) is 4.35. The highest BCUT2D eigenvalue weighted by Gasteiger charge is 2.33. The van der Waals surface area contributed by atoms with Gasteiger partial charge in [0.1, 0.15) is 5.82 Å². The Labute approximate surface area is 136 Å². The van der Waals surface area contributed by atoms with E-state index < -0.39 is 17.6 Å². The van der Waals surface area contributed by atoms with Crippen LogP contribution >= 0.6 is 0 Å². The smallest absolute Gasteiger partial charge is 0.382 e. The molecule has 1 atom stereocenters. The van der Waals surface area contributed by atoms with Gasteiger partial charge in [0, 0.05) is 0 Å². The lowest BCUT2D eigenvalue weighted by atomic mass is 9.93. The molecule has 3 rings (SSSR count). The van der Waals surface area contributed by atoms with Crippen LogP contribution in [-0.2, 0) is 19.0 Å². The molecule has 24 heavy (non-hydrogen) atoms. The van der Waals surface area contributed by atoms with E-state index in [1.807, 2.05) is 0 Å². The fraction of sp³-hybridized carbons (Fsp3) is 0.235. The molecule has 0 spiro atoms. The van der Waals surface area contributed by atoms with Crippen LogP contribution in [0.5, 0.6) is 0 Å². The van der Waals surface area contributed by atoms with E-state index in [0.29, 0.717) is 24.0 Å². The molecule has 0 radical (unpaired) electrons. The third kappa shape index (κ3) is 2.81. The number of hydrogen-bond donors (Lipinski definition) is 2. The molecule has 0 saturated heterocycles. The lowest BCUT2D eigenvalue weighted by Gasteiger charge is -2.13. The van der Waals surface area contributed by atoms with E-state index in [4.69, 9.17) is 11.6 Å². The van der Waals surface area contributed by atoms with E-state index in [9.17, 15) is 17.6 Å². The zero-order chi connectivity index (χ0) is 17.5. The van der Waals surface area contributed by atoms with Crippen LogP contribution in [0.25, 0.3) is 0 Å². The van der Waals surface area contributed by atoms with Crippen LogP contribution in [0.15, 0.2) is 41.5 Å². The van der Waals surface area contributed by atoms with E-state index >= 15 is 0 Å². The summed E-state index contributed by atoms with van der Waals surface area (Å²) in [6.45, 7) is 0. The first kappa shape index (κ1) is 16.3. The lowest BCUT2D eigenvalue weighted by molar-refractivity contribution is -0.137. The average Bonchev–Trinajstić information content (AvgIpc) is 2.96. The Morgan fingerprint density at radius 3 is 2.46 bits per heavy atom. The molecule has 0 aromatic heterocycles. The summed E-state index contributed by atoms with van der Waals surface area (Å²) in [7, 11) is 0. The molecule has 7 heteroatoms. The molecule has 4 N–H and O–H groups in total. The molecule has 1 aliphatic rings. The second-order valence-electron chi connectivity index (χ2n) is 5.81. The lowest BCUT2D eigenvalue weighted by Crippen LogP contribution is -2.18.